The first-order valence-corrected chi connectivity index (χ1v) is 6.29. The Morgan fingerprint density at radius 1 is 1.56 bits per heavy atom. The maximum Gasteiger partial charge on any atom is 0.404 e. The van der Waals surface area contributed by atoms with Crippen LogP contribution in [0.15, 0.2) is 16.7 Å². The molecule has 100 valence electrons. The minimum atomic E-state index is -0.849. The SMILES string of the molecule is CC(C)n1cc(Br)cc1C(=O)NCCOC(N)=O. The number of aromatic nitrogens is 1. The number of amides is 2. The summed E-state index contributed by atoms with van der Waals surface area (Å²) in [5, 5.41) is 2.65. The highest BCUT2D eigenvalue weighted by Crippen LogP contribution is 2.19. The van der Waals surface area contributed by atoms with E-state index in [0.29, 0.717) is 5.69 Å². The molecule has 2 amide bonds. The first-order valence-electron chi connectivity index (χ1n) is 5.49. The topological polar surface area (TPSA) is 86.3 Å². The summed E-state index contributed by atoms with van der Waals surface area (Å²) < 4.78 is 7.22. The number of nitrogens with zero attached hydrogens (tertiary/aromatic N) is 1. The van der Waals surface area contributed by atoms with Crippen molar-refractivity contribution in [2.45, 2.75) is 19.9 Å². The largest absolute Gasteiger partial charge is 0.448 e. The van der Waals surface area contributed by atoms with E-state index in [9.17, 15) is 9.59 Å². The van der Waals surface area contributed by atoms with E-state index >= 15 is 0 Å². The summed E-state index contributed by atoms with van der Waals surface area (Å²) in [5.74, 6) is -0.220. The van der Waals surface area contributed by atoms with Crippen molar-refractivity contribution in [3.05, 3.63) is 22.4 Å². The lowest BCUT2D eigenvalue weighted by molar-refractivity contribution is 0.0926. The fourth-order valence-electron chi connectivity index (χ4n) is 1.46. The summed E-state index contributed by atoms with van der Waals surface area (Å²) in [6, 6.07) is 1.92. The molecule has 18 heavy (non-hydrogen) atoms. The minimum absolute atomic E-state index is 0.0601. The Labute approximate surface area is 114 Å². The minimum Gasteiger partial charge on any atom is -0.448 e. The van der Waals surface area contributed by atoms with Gasteiger partial charge < -0.3 is 20.4 Å². The summed E-state index contributed by atoms with van der Waals surface area (Å²) in [6.07, 6.45) is 0.997. The van der Waals surface area contributed by atoms with E-state index in [4.69, 9.17) is 5.73 Å². The summed E-state index contributed by atoms with van der Waals surface area (Å²) in [6.45, 7) is 4.26. The zero-order valence-electron chi connectivity index (χ0n) is 10.3. The van der Waals surface area contributed by atoms with Crippen LogP contribution in [0.25, 0.3) is 0 Å². The fourth-order valence-corrected chi connectivity index (χ4v) is 1.90. The van der Waals surface area contributed by atoms with Crippen molar-refractivity contribution in [1.82, 2.24) is 9.88 Å². The summed E-state index contributed by atoms with van der Waals surface area (Å²) >= 11 is 3.33. The van der Waals surface area contributed by atoms with Crippen LogP contribution in [0.1, 0.15) is 30.4 Å². The van der Waals surface area contributed by atoms with Crippen molar-refractivity contribution in [3.8, 4) is 0 Å². The number of hydrogen-bond acceptors (Lipinski definition) is 3. The predicted octanol–water partition coefficient (Wildman–Crippen LogP) is 1.66. The van der Waals surface area contributed by atoms with Gasteiger partial charge in [0.15, 0.2) is 0 Å². The molecular formula is C11H16BrN3O3. The molecular weight excluding hydrogens is 302 g/mol. The van der Waals surface area contributed by atoms with Crippen molar-refractivity contribution in [2.24, 2.45) is 5.73 Å². The van der Waals surface area contributed by atoms with Gasteiger partial charge in [-0.1, -0.05) is 0 Å². The van der Waals surface area contributed by atoms with Crippen LogP contribution < -0.4 is 11.1 Å². The third-order valence-electron chi connectivity index (χ3n) is 2.24. The van der Waals surface area contributed by atoms with Crippen LogP contribution in [0.4, 0.5) is 4.79 Å². The average molecular weight is 318 g/mol. The Balaban J connectivity index is 2.58. The van der Waals surface area contributed by atoms with E-state index in [-0.39, 0.29) is 25.1 Å². The molecule has 1 aromatic heterocycles. The summed E-state index contributed by atoms with van der Waals surface area (Å²) in [4.78, 5) is 22.2. The smallest absolute Gasteiger partial charge is 0.404 e. The van der Waals surface area contributed by atoms with Crippen molar-refractivity contribution < 1.29 is 14.3 Å². The number of rotatable bonds is 5. The number of ether oxygens (including phenoxy) is 1. The lowest BCUT2D eigenvalue weighted by Gasteiger charge is -2.12. The molecule has 0 saturated carbocycles. The zero-order valence-corrected chi connectivity index (χ0v) is 11.9. The van der Waals surface area contributed by atoms with Crippen LogP contribution in [-0.2, 0) is 4.74 Å². The number of carbonyl (C=O) groups excluding carboxylic acids is 2. The van der Waals surface area contributed by atoms with Gasteiger partial charge >= 0.3 is 6.09 Å². The number of carbonyl (C=O) groups is 2. The van der Waals surface area contributed by atoms with E-state index in [0.717, 1.165) is 4.47 Å². The standard InChI is InChI=1S/C11H16BrN3O3/c1-7(2)15-6-8(12)5-9(15)10(16)14-3-4-18-11(13)17/h5-7H,3-4H2,1-2H3,(H2,13,17)(H,14,16). The molecule has 0 saturated heterocycles. The molecule has 0 aromatic carbocycles. The predicted molar refractivity (Wildman–Crippen MR) is 70.4 cm³/mol. The van der Waals surface area contributed by atoms with Gasteiger partial charge in [-0.3, -0.25) is 4.79 Å². The van der Waals surface area contributed by atoms with E-state index in [1.807, 2.05) is 24.6 Å². The Bertz CT molecular complexity index is 443. The molecule has 0 aliphatic rings. The number of hydrogen-bond donors (Lipinski definition) is 2. The molecule has 1 aromatic rings. The van der Waals surface area contributed by atoms with Gasteiger partial charge in [0.25, 0.3) is 5.91 Å². The second-order valence-corrected chi connectivity index (χ2v) is 4.88. The molecule has 1 rings (SSSR count). The van der Waals surface area contributed by atoms with Crippen molar-refractivity contribution >= 4 is 27.9 Å². The van der Waals surface area contributed by atoms with Gasteiger partial charge in [-0.05, 0) is 35.8 Å². The van der Waals surface area contributed by atoms with Crippen LogP contribution in [0.3, 0.4) is 0 Å². The molecule has 0 unspecified atom stereocenters. The van der Waals surface area contributed by atoms with Crippen LogP contribution in [0, 0.1) is 0 Å². The highest BCUT2D eigenvalue weighted by molar-refractivity contribution is 9.10. The molecule has 0 aliphatic carbocycles. The summed E-state index contributed by atoms with van der Waals surface area (Å²) in [7, 11) is 0. The maximum atomic E-state index is 11.9. The second-order valence-electron chi connectivity index (χ2n) is 3.97. The molecule has 7 heteroatoms. The third kappa shape index (κ3) is 4.06. The lowest BCUT2D eigenvalue weighted by Crippen LogP contribution is -2.30. The highest BCUT2D eigenvalue weighted by atomic mass is 79.9. The van der Waals surface area contributed by atoms with Gasteiger partial charge in [0.05, 0.1) is 6.54 Å². The maximum absolute atomic E-state index is 11.9. The number of nitrogens with one attached hydrogen (secondary N) is 1. The second kappa shape index (κ2) is 6.44. The van der Waals surface area contributed by atoms with Crippen LogP contribution >= 0.6 is 15.9 Å². The van der Waals surface area contributed by atoms with Crippen LogP contribution in [0.2, 0.25) is 0 Å². The molecule has 0 fully saturated rings. The van der Waals surface area contributed by atoms with Gasteiger partial charge in [0.2, 0.25) is 0 Å². The number of nitrogens with two attached hydrogens (primary N) is 1. The van der Waals surface area contributed by atoms with Gasteiger partial charge in [-0.15, -0.1) is 0 Å². The Hall–Kier alpha value is -1.50. The van der Waals surface area contributed by atoms with Crippen LogP contribution in [0.5, 0.6) is 0 Å². The molecule has 1 heterocycles. The van der Waals surface area contributed by atoms with Gasteiger partial charge in [0.1, 0.15) is 12.3 Å². The molecule has 3 N–H and O–H groups in total. The zero-order chi connectivity index (χ0) is 13.7. The quantitative estimate of drug-likeness (QED) is 0.810. The van der Waals surface area contributed by atoms with Crippen molar-refractivity contribution in [3.63, 3.8) is 0 Å². The Morgan fingerprint density at radius 2 is 2.22 bits per heavy atom. The van der Waals surface area contributed by atoms with E-state index in [1.54, 1.807) is 6.07 Å². The van der Waals surface area contributed by atoms with E-state index < -0.39 is 6.09 Å². The van der Waals surface area contributed by atoms with Crippen molar-refractivity contribution in [2.75, 3.05) is 13.2 Å². The Kier molecular flexibility index (Phi) is 5.21. The molecule has 0 radical (unpaired) electrons. The number of halogens is 1. The normalized spacial score (nSPS) is 10.4. The fraction of sp³-hybridized carbons (Fsp3) is 0.455. The van der Waals surface area contributed by atoms with E-state index in [1.165, 1.54) is 0 Å². The average Bonchev–Trinajstić information content (AvgIpc) is 2.66. The molecule has 0 spiro atoms. The highest BCUT2D eigenvalue weighted by Gasteiger charge is 2.14. The first-order chi connectivity index (χ1) is 8.41. The summed E-state index contributed by atoms with van der Waals surface area (Å²) in [5.41, 5.74) is 5.36. The number of primary amides is 1. The van der Waals surface area contributed by atoms with Gasteiger partial charge in [-0.25, -0.2) is 4.79 Å². The molecule has 6 nitrogen and oxygen atoms in total. The van der Waals surface area contributed by atoms with Gasteiger partial charge in [0, 0.05) is 16.7 Å². The first kappa shape index (κ1) is 14.6. The lowest BCUT2D eigenvalue weighted by atomic mass is 10.3. The monoisotopic (exact) mass is 317 g/mol. The van der Waals surface area contributed by atoms with Crippen molar-refractivity contribution in [1.29, 1.82) is 0 Å². The third-order valence-corrected chi connectivity index (χ3v) is 2.67. The van der Waals surface area contributed by atoms with E-state index in [2.05, 4.69) is 26.0 Å². The molecule has 0 bridgehead atoms. The molecule has 0 atom stereocenters. The molecule has 0 aliphatic heterocycles. The van der Waals surface area contributed by atoms with Gasteiger partial charge in [-0.2, -0.15) is 0 Å². The Morgan fingerprint density at radius 3 is 2.78 bits per heavy atom. The van der Waals surface area contributed by atoms with Crippen LogP contribution in [-0.4, -0.2) is 29.7 Å².